The molecule has 0 unspecified atom stereocenters. The summed E-state index contributed by atoms with van der Waals surface area (Å²) in [5.41, 5.74) is 1.24. The molecule has 1 aromatic rings. The van der Waals surface area contributed by atoms with Gasteiger partial charge in [0.25, 0.3) is 0 Å². The first kappa shape index (κ1) is 14.6. The fraction of sp³-hybridized carbons (Fsp3) is 0.625. The second-order valence-corrected chi connectivity index (χ2v) is 5.90. The van der Waals surface area contributed by atoms with Crippen molar-refractivity contribution in [3.05, 3.63) is 23.8 Å². The van der Waals surface area contributed by atoms with Crippen molar-refractivity contribution >= 4 is 0 Å². The molecular weight excluding hydrogens is 270 g/mol. The molecule has 0 radical (unpaired) electrons. The maximum atomic E-state index is 5.63. The van der Waals surface area contributed by atoms with Crippen molar-refractivity contribution < 1.29 is 18.9 Å². The first-order chi connectivity index (χ1) is 10.1. The van der Waals surface area contributed by atoms with Gasteiger partial charge in [0.1, 0.15) is 13.2 Å². The standard InChI is InChI=1S/C16H23NO4/c1-16(2)20-10-13(11-21-16)17-6-5-12-3-4-14-15(9-12)19-8-7-18-14/h3-4,9,13,17H,5-8,10-11H2,1-2H3. The zero-order chi connectivity index (χ0) is 14.7. The van der Waals surface area contributed by atoms with Crippen molar-refractivity contribution in [2.45, 2.75) is 32.1 Å². The van der Waals surface area contributed by atoms with Crippen molar-refractivity contribution in [3.63, 3.8) is 0 Å². The monoisotopic (exact) mass is 293 g/mol. The van der Waals surface area contributed by atoms with Gasteiger partial charge in [-0.2, -0.15) is 0 Å². The summed E-state index contributed by atoms with van der Waals surface area (Å²) in [4.78, 5) is 0. The maximum absolute atomic E-state index is 5.63. The summed E-state index contributed by atoms with van der Waals surface area (Å²) in [5, 5.41) is 3.47. The van der Waals surface area contributed by atoms with Crippen LogP contribution < -0.4 is 14.8 Å². The molecule has 3 rings (SSSR count). The van der Waals surface area contributed by atoms with Gasteiger partial charge in [-0.25, -0.2) is 0 Å². The molecule has 5 nitrogen and oxygen atoms in total. The summed E-state index contributed by atoms with van der Waals surface area (Å²) in [6.07, 6.45) is 0.941. The number of benzene rings is 1. The lowest BCUT2D eigenvalue weighted by Gasteiger charge is -2.35. The Balaban J connectivity index is 1.45. The molecule has 1 aromatic carbocycles. The minimum absolute atomic E-state index is 0.259. The smallest absolute Gasteiger partial charge is 0.162 e. The number of ether oxygens (including phenoxy) is 4. The molecule has 116 valence electrons. The van der Waals surface area contributed by atoms with E-state index < -0.39 is 5.79 Å². The summed E-state index contributed by atoms with van der Waals surface area (Å²) in [7, 11) is 0. The highest BCUT2D eigenvalue weighted by Gasteiger charge is 2.27. The minimum atomic E-state index is -0.450. The van der Waals surface area contributed by atoms with E-state index in [1.54, 1.807) is 0 Å². The Kier molecular flexibility index (Phi) is 4.33. The van der Waals surface area contributed by atoms with Crippen LogP contribution in [0.25, 0.3) is 0 Å². The average Bonchev–Trinajstić information content (AvgIpc) is 2.49. The molecule has 1 fully saturated rings. The zero-order valence-corrected chi connectivity index (χ0v) is 12.7. The molecule has 1 saturated heterocycles. The predicted molar refractivity (Wildman–Crippen MR) is 78.9 cm³/mol. The molecule has 0 atom stereocenters. The van der Waals surface area contributed by atoms with E-state index in [9.17, 15) is 0 Å². The molecule has 5 heteroatoms. The molecule has 0 bridgehead atoms. The van der Waals surface area contributed by atoms with Crippen LogP contribution in [0.3, 0.4) is 0 Å². The largest absolute Gasteiger partial charge is 0.486 e. The van der Waals surface area contributed by atoms with Gasteiger partial charge in [-0.3, -0.25) is 0 Å². The Morgan fingerprint density at radius 1 is 1.10 bits per heavy atom. The van der Waals surface area contributed by atoms with E-state index in [0.29, 0.717) is 26.4 Å². The summed E-state index contributed by atoms with van der Waals surface area (Å²) in [5.74, 6) is 1.24. The molecule has 0 aromatic heterocycles. The van der Waals surface area contributed by atoms with Crippen molar-refractivity contribution in [2.75, 3.05) is 33.0 Å². The normalized spacial score (nSPS) is 21.2. The molecule has 2 aliphatic rings. The molecule has 0 aliphatic carbocycles. The van der Waals surface area contributed by atoms with Crippen LogP contribution in [0.4, 0.5) is 0 Å². The first-order valence-corrected chi connectivity index (χ1v) is 7.52. The topological polar surface area (TPSA) is 49.0 Å². The quantitative estimate of drug-likeness (QED) is 0.916. The van der Waals surface area contributed by atoms with Crippen LogP contribution in [0.1, 0.15) is 19.4 Å². The number of rotatable bonds is 4. The molecule has 0 amide bonds. The van der Waals surface area contributed by atoms with Crippen molar-refractivity contribution in [1.82, 2.24) is 5.32 Å². The molecule has 1 N–H and O–H groups in total. The predicted octanol–water partition coefficient (Wildman–Crippen LogP) is 1.74. The second-order valence-electron chi connectivity index (χ2n) is 5.90. The highest BCUT2D eigenvalue weighted by Crippen LogP contribution is 2.30. The van der Waals surface area contributed by atoms with Gasteiger partial charge in [0.05, 0.1) is 19.3 Å². The summed E-state index contributed by atoms with van der Waals surface area (Å²) in [6, 6.07) is 6.40. The van der Waals surface area contributed by atoms with E-state index in [1.807, 2.05) is 19.9 Å². The lowest BCUT2D eigenvalue weighted by Crippen LogP contribution is -2.48. The third-order valence-corrected chi connectivity index (χ3v) is 3.72. The fourth-order valence-electron chi connectivity index (χ4n) is 2.47. The Hall–Kier alpha value is -1.30. The third-order valence-electron chi connectivity index (χ3n) is 3.72. The number of hydrogen-bond acceptors (Lipinski definition) is 5. The van der Waals surface area contributed by atoms with Crippen LogP contribution in [-0.2, 0) is 15.9 Å². The van der Waals surface area contributed by atoms with Gasteiger partial charge in [0, 0.05) is 0 Å². The number of hydrogen-bond donors (Lipinski definition) is 1. The first-order valence-electron chi connectivity index (χ1n) is 7.52. The SMILES string of the molecule is CC1(C)OCC(NCCc2ccc3c(c2)OCCO3)CO1. The summed E-state index contributed by atoms with van der Waals surface area (Å²) < 4.78 is 22.4. The minimum Gasteiger partial charge on any atom is -0.486 e. The molecule has 2 heterocycles. The van der Waals surface area contributed by atoms with Crippen molar-refractivity contribution in [2.24, 2.45) is 0 Å². The van der Waals surface area contributed by atoms with E-state index >= 15 is 0 Å². The lowest BCUT2D eigenvalue weighted by atomic mass is 10.1. The van der Waals surface area contributed by atoms with E-state index in [-0.39, 0.29) is 6.04 Å². The van der Waals surface area contributed by atoms with Crippen LogP contribution >= 0.6 is 0 Å². The molecular formula is C16H23NO4. The lowest BCUT2D eigenvalue weighted by molar-refractivity contribution is -0.252. The zero-order valence-electron chi connectivity index (χ0n) is 12.7. The van der Waals surface area contributed by atoms with Gasteiger partial charge < -0.3 is 24.3 Å². The number of fused-ring (bicyclic) bond motifs is 1. The summed E-state index contributed by atoms with van der Waals surface area (Å²) >= 11 is 0. The van der Waals surface area contributed by atoms with E-state index in [2.05, 4.69) is 17.4 Å². The van der Waals surface area contributed by atoms with Crippen LogP contribution in [0, 0.1) is 0 Å². The highest BCUT2D eigenvalue weighted by atomic mass is 16.7. The van der Waals surface area contributed by atoms with Gasteiger partial charge >= 0.3 is 0 Å². The molecule has 21 heavy (non-hydrogen) atoms. The molecule has 0 spiro atoms. The van der Waals surface area contributed by atoms with E-state index in [1.165, 1.54) is 5.56 Å². The Morgan fingerprint density at radius 2 is 1.81 bits per heavy atom. The second kappa shape index (κ2) is 6.22. The average molecular weight is 293 g/mol. The van der Waals surface area contributed by atoms with Gasteiger partial charge in [-0.1, -0.05) is 6.07 Å². The molecule has 0 saturated carbocycles. The highest BCUT2D eigenvalue weighted by molar-refractivity contribution is 5.43. The fourth-order valence-corrected chi connectivity index (χ4v) is 2.47. The maximum Gasteiger partial charge on any atom is 0.162 e. The Labute approximate surface area is 125 Å². The van der Waals surface area contributed by atoms with Gasteiger partial charge in [-0.15, -0.1) is 0 Å². The van der Waals surface area contributed by atoms with E-state index in [0.717, 1.165) is 24.5 Å². The van der Waals surface area contributed by atoms with Gasteiger partial charge in [0.15, 0.2) is 17.3 Å². The third kappa shape index (κ3) is 3.87. The number of nitrogens with one attached hydrogen (secondary N) is 1. The Morgan fingerprint density at radius 3 is 2.57 bits per heavy atom. The summed E-state index contributed by atoms with van der Waals surface area (Å²) in [6.45, 7) is 7.41. The van der Waals surface area contributed by atoms with Crippen LogP contribution in [0.15, 0.2) is 18.2 Å². The Bertz CT molecular complexity index is 479. The van der Waals surface area contributed by atoms with Crippen LogP contribution in [0.5, 0.6) is 11.5 Å². The van der Waals surface area contributed by atoms with Gasteiger partial charge in [-0.05, 0) is 44.5 Å². The van der Waals surface area contributed by atoms with Crippen LogP contribution in [0.2, 0.25) is 0 Å². The van der Waals surface area contributed by atoms with Gasteiger partial charge in [0.2, 0.25) is 0 Å². The van der Waals surface area contributed by atoms with Crippen molar-refractivity contribution in [1.29, 1.82) is 0 Å². The van der Waals surface area contributed by atoms with Crippen LogP contribution in [-0.4, -0.2) is 44.8 Å². The van der Waals surface area contributed by atoms with Crippen molar-refractivity contribution in [3.8, 4) is 11.5 Å². The molecule has 2 aliphatic heterocycles. The van der Waals surface area contributed by atoms with E-state index in [4.69, 9.17) is 18.9 Å².